The summed E-state index contributed by atoms with van der Waals surface area (Å²) < 4.78 is 0. The van der Waals surface area contributed by atoms with Gasteiger partial charge in [-0.3, -0.25) is 9.59 Å². The molecule has 0 aliphatic heterocycles. The number of aliphatic carboxylic acids is 1. The Hall–Kier alpha value is -1.10. The minimum Gasteiger partial charge on any atom is -0.481 e. The first-order chi connectivity index (χ1) is 8.91. The summed E-state index contributed by atoms with van der Waals surface area (Å²) in [6.45, 7) is 7.23. The summed E-state index contributed by atoms with van der Waals surface area (Å²) >= 11 is 0. The van der Waals surface area contributed by atoms with Gasteiger partial charge in [0.1, 0.15) is 0 Å². The molecular weight excluding hydrogens is 244 g/mol. The minimum absolute atomic E-state index is 0.0210. The van der Waals surface area contributed by atoms with Crippen LogP contribution in [0.15, 0.2) is 0 Å². The first-order valence-corrected chi connectivity index (χ1v) is 7.13. The van der Waals surface area contributed by atoms with Crippen LogP contribution in [0.2, 0.25) is 0 Å². The highest BCUT2D eigenvalue weighted by Gasteiger charge is 2.07. The number of rotatable bonds is 11. The second-order valence-electron chi connectivity index (χ2n) is 5.47. The van der Waals surface area contributed by atoms with Gasteiger partial charge in [0.2, 0.25) is 5.91 Å². The molecule has 0 aliphatic rings. The molecule has 0 aliphatic carbocycles. The molecular formula is C14H28N2O3. The molecule has 0 radical (unpaired) electrons. The Labute approximate surface area is 116 Å². The van der Waals surface area contributed by atoms with Gasteiger partial charge >= 0.3 is 5.97 Å². The standard InChI is InChI=1S/C14H28N2O3/c1-11(2)6-4-7-12(3)16-13(17)10-15-9-5-8-14(18)19/h11-12,15H,4-10H2,1-3H3,(H,16,17)(H,18,19). The molecule has 0 aromatic heterocycles. The van der Waals surface area contributed by atoms with E-state index in [-0.39, 0.29) is 24.9 Å². The van der Waals surface area contributed by atoms with Gasteiger partial charge in [-0.15, -0.1) is 0 Å². The van der Waals surface area contributed by atoms with Crippen LogP contribution in [0, 0.1) is 5.92 Å². The zero-order valence-electron chi connectivity index (χ0n) is 12.4. The highest BCUT2D eigenvalue weighted by Crippen LogP contribution is 2.07. The Bertz CT molecular complexity index is 267. The zero-order valence-corrected chi connectivity index (χ0v) is 12.4. The van der Waals surface area contributed by atoms with Crippen LogP contribution in [0.3, 0.4) is 0 Å². The van der Waals surface area contributed by atoms with Crippen molar-refractivity contribution < 1.29 is 14.7 Å². The molecule has 0 aromatic carbocycles. The third kappa shape index (κ3) is 13.1. The summed E-state index contributed by atoms with van der Waals surface area (Å²) in [5.74, 6) is -0.115. The average molecular weight is 272 g/mol. The average Bonchev–Trinajstić information content (AvgIpc) is 2.27. The quantitative estimate of drug-likeness (QED) is 0.501. The Morgan fingerprint density at radius 1 is 1.11 bits per heavy atom. The molecule has 1 atom stereocenters. The van der Waals surface area contributed by atoms with Gasteiger partial charge in [0.05, 0.1) is 6.54 Å². The zero-order chi connectivity index (χ0) is 14.7. The van der Waals surface area contributed by atoms with Crippen molar-refractivity contribution in [1.29, 1.82) is 0 Å². The SMILES string of the molecule is CC(C)CCCC(C)NC(=O)CNCCCC(=O)O. The van der Waals surface area contributed by atoms with Crippen LogP contribution in [-0.2, 0) is 9.59 Å². The second kappa shape index (κ2) is 10.8. The summed E-state index contributed by atoms with van der Waals surface area (Å²) in [4.78, 5) is 21.8. The fraction of sp³-hybridized carbons (Fsp3) is 0.857. The summed E-state index contributed by atoms with van der Waals surface area (Å²) in [6.07, 6.45) is 4.01. The summed E-state index contributed by atoms with van der Waals surface area (Å²) in [6, 6.07) is 0.201. The molecule has 0 bridgehead atoms. The van der Waals surface area contributed by atoms with Gasteiger partial charge in [0, 0.05) is 12.5 Å². The summed E-state index contributed by atoms with van der Waals surface area (Å²) in [7, 11) is 0. The first kappa shape index (κ1) is 17.9. The first-order valence-electron chi connectivity index (χ1n) is 7.13. The van der Waals surface area contributed by atoms with E-state index in [1.165, 1.54) is 6.42 Å². The lowest BCUT2D eigenvalue weighted by Crippen LogP contribution is -2.39. The van der Waals surface area contributed by atoms with E-state index >= 15 is 0 Å². The number of hydrogen-bond donors (Lipinski definition) is 3. The molecule has 0 heterocycles. The highest BCUT2D eigenvalue weighted by molar-refractivity contribution is 5.78. The molecule has 0 spiro atoms. The molecule has 0 rings (SSSR count). The molecule has 5 nitrogen and oxygen atoms in total. The van der Waals surface area contributed by atoms with Crippen LogP contribution in [0.1, 0.15) is 52.9 Å². The number of hydrogen-bond acceptors (Lipinski definition) is 3. The van der Waals surface area contributed by atoms with E-state index in [9.17, 15) is 9.59 Å². The van der Waals surface area contributed by atoms with E-state index in [0.717, 1.165) is 12.8 Å². The van der Waals surface area contributed by atoms with Crippen molar-refractivity contribution in [3.63, 3.8) is 0 Å². The summed E-state index contributed by atoms with van der Waals surface area (Å²) in [5, 5.41) is 14.3. The van der Waals surface area contributed by atoms with Gasteiger partial charge in [-0.2, -0.15) is 0 Å². The van der Waals surface area contributed by atoms with Gasteiger partial charge in [-0.1, -0.05) is 26.7 Å². The monoisotopic (exact) mass is 272 g/mol. The van der Waals surface area contributed by atoms with Crippen LogP contribution < -0.4 is 10.6 Å². The molecule has 3 N–H and O–H groups in total. The topological polar surface area (TPSA) is 78.4 Å². The highest BCUT2D eigenvalue weighted by atomic mass is 16.4. The van der Waals surface area contributed by atoms with Crippen molar-refractivity contribution in [3.8, 4) is 0 Å². The molecule has 0 saturated heterocycles. The van der Waals surface area contributed by atoms with Gasteiger partial charge in [-0.25, -0.2) is 0 Å². The van der Waals surface area contributed by atoms with E-state index in [1.54, 1.807) is 0 Å². The molecule has 112 valence electrons. The fourth-order valence-electron chi connectivity index (χ4n) is 1.80. The second-order valence-corrected chi connectivity index (χ2v) is 5.47. The predicted octanol–water partition coefficient (Wildman–Crippen LogP) is 1.77. The Morgan fingerprint density at radius 2 is 1.79 bits per heavy atom. The summed E-state index contributed by atoms with van der Waals surface area (Å²) in [5.41, 5.74) is 0. The van der Waals surface area contributed by atoms with Crippen LogP contribution in [-0.4, -0.2) is 36.1 Å². The Balaban J connectivity index is 3.48. The number of amides is 1. The lowest BCUT2D eigenvalue weighted by atomic mass is 10.0. The maximum Gasteiger partial charge on any atom is 0.303 e. The van der Waals surface area contributed by atoms with Gasteiger partial charge in [0.25, 0.3) is 0 Å². The number of carboxylic acid groups (broad SMARTS) is 1. The van der Waals surface area contributed by atoms with Crippen molar-refractivity contribution in [3.05, 3.63) is 0 Å². The van der Waals surface area contributed by atoms with E-state index in [4.69, 9.17) is 5.11 Å². The van der Waals surface area contributed by atoms with Crippen LogP contribution in [0.5, 0.6) is 0 Å². The third-order valence-corrected chi connectivity index (χ3v) is 2.86. The molecule has 5 heteroatoms. The van der Waals surface area contributed by atoms with Crippen molar-refractivity contribution in [1.82, 2.24) is 10.6 Å². The van der Waals surface area contributed by atoms with Crippen LogP contribution >= 0.6 is 0 Å². The van der Waals surface area contributed by atoms with Gasteiger partial charge < -0.3 is 15.7 Å². The maximum absolute atomic E-state index is 11.6. The van der Waals surface area contributed by atoms with Gasteiger partial charge in [0.15, 0.2) is 0 Å². The van der Waals surface area contributed by atoms with E-state index in [1.807, 2.05) is 6.92 Å². The Kier molecular flexibility index (Phi) is 10.2. The molecule has 0 saturated carbocycles. The van der Waals surface area contributed by atoms with Crippen molar-refractivity contribution >= 4 is 11.9 Å². The normalized spacial score (nSPS) is 12.4. The third-order valence-electron chi connectivity index (χ3n) is 2.86. The van der Waals surface area contributed by atoms with E-state index < -0.39 is 5.97 Å². The van der Waals surface area contributed by atoms with E-state index in [0.29, 0.717) is 18.9 Å². The molecule has 19 heavy (non-hydrogen) atoms. The number of carboxylic acids is 1. The van der Waals surface area contributed by atoms with Gasteiger partial charge in [-0.05, 0) is 32.2 Å². The van der Waals surface area contributed by atoms with E-state index in [2.05, 4.69) is 24.5 Å². The molecule has 1 amide bonds. The van der Waals surface area contributed by atoms with Crippen molar-refractivity contribution in [2.45, 2.75) is 58.9 Å². The molecule has 1 unspecified atom stereocenters. The van der Waals surface area contributed by atoms with Crippen LogP contribution in [0.4, 0.5) is 0 Å². The molecule has 0 fully saturated rings. The predicted molar refractivity (Wildman–Crippen MR) is 76.0 cm³/mol. The lowest BCUT2D eigenvalue weighted by Gasteiger charge is -2.14. The fourth-order valence-corrected chi connectivity index (χ4v) is 1.80. The number of nitrogens with one attached hydrogen (secondary N) is 2. The maximum atomic E-state index is 11.6. The number of carbonyl (C=O) groups excluding carboxylic acids is 1. The molecule has 0 aromatic rings. The Morgan fingerprint density at radius 3 is 2.37 bits per heavy atom. The largest absolute Gasteiger partial charge is 0.481 e. The van der Waals surface area contributed by atoms with Crippen molar-refractivity contribution in [2.24, 2.45) is 5.92 Å². The smallest absolute Gasteiger partial charge is 0.303 e. The lowest BCUT2D eigenvalue weighted by molar-refractivity contribution is -0.137. The van der Waals surface area contributed by atoms with Crippen molar-refractivity contribution in [2.75, 3.05) is 13.1 Å². The minimum atomic E-state index is -0.801. The van der Waals surface area contributed by atoms with Crippen LogP contribution in [0.25, 0.3) is 0 Å². The number of carbonyl (C=O) groups is 2.